The van der Waals surface area contributed by atoms with Crippen LogP contribution in [0.5, 0.6) is 0 Å². The zero-order valence-electron chi connectivity index (χ0n) is 12.3. The molecule has 1 aromatic carbocycles. The first kappa shape index (κ1) is 14.4. The maximum atomic E-state index is 3.48. The molecule has 0 aliphatic carbocycles. The molecule has 0 bridgehead atoms. The standard InChI is InChI=1S/C16H27N3/c1-15(2)17-9-6-10-18-11-13-19(14-12-18)16-7-4-3-5-8-16/h3-5,7-8,15,17H,6,9-14H2,1-2H3. The molecule has 0 aromatic heterocycles. The van der Waals surface area contributed by atoms with Crippen molar-refractivity contribution < 1.29 is 0 Å². The monoisotopic (exact) mass is 261 g/mol. The summed E-state index contributed by atoms with van der Waals surface area (Å²) in [6.45, 7) is 11.5. The minimum Gasteiger partial charge on any atom is -0.369 e. The Bertz CT molecular complexity index is 342. The van der Waals surface area contributed by atoms with Gasteiger partial charge in [0.25, 0.3) is 0 Å². The van der Waals surface area contributed by atoms with E-state index >= 15 is 0 Å². The van der Waals surface area contributed by atoms with Gasteiger partial charge in [-0.25, -0.2) is 0 Å². The highest BCUT2D eigenvalue weighted by atomic mass is 15.3. The van der Waals surface area contributed by atoms with E-state index in [9.17, 15) is 0 Å². The van der Waals surface area contributed by atoms with Crippen LogP contribution in [0.15, 0.2) is 30.3 Å². The van der Waals surface area contributed by atoms with Gasteiger partial charge in [0, 0.05) is 37.9 Å². The molecule has 0 unspecified atom stereocenters. The third kappa shape index (κ3) is 4.84. The lowest BCUT2D eigenvalue weighted by Gasteiger charge is -2.36. The van der Waals surface area contributed by atoms with E-state index in [2.05, 4.69) is 59.3 Å². The van der Waals surface area contributed by atoms with Crippen LogP contribution in [0.4, 0.5) is 5.69 Å². The Morgan fingerprint density at radius 1 is 1.05 bits per heavy atom. The molecular weight excluding hydrogens is 234 g/mol. The Morgan fingerprint density at radius 2 is 1.74 bits per heavy atom. The summed E-state index contributed by atoms with van der Waals surface area (Å²) in [7, 11) is 0. The molecule has 0 saturated carbocycles. The predicted octanol–water partition coefficient (Wildman–Crippen LogP) is 2.20. The van der Waals surface area contributed by atoms with E-state index in [1.807, 2.05) is 0 Å². The van der Waals surface area contributed by atoms with Gasteiger partial charge in [0.1, 0.15) is 0 Å². The minimum atomic E-state index is 0.606. The molecule has 1 aliphatic rings. The van der Waals surface area contributed by atoms with Crippen LogP contribution in [-0.2, 0) is 0 Å². The molecule has 1 fully saturated rings. The summed E-state index contributed by atoms with van der Waals surface area (Å²) >= 11 is 0. The van der Waals surface area contributed by atoms with Crippen molar-refractivity contribution in [2.75, 3.05) is 44.2 Å². The number of nitrogens with zero attached hydrogens (tertiary/aromatic N) is 2. The van der Waals surface area contributed by atoms with Crippen molar-refractivity contribution in [3.8, 4) is 0 Å². The van der Waals surface area contributed by atoms with Crippen molar-refractivity contribution >= 4 is 5.69 Å². The van der Waals surface area contributed by atoms with Crippen molar-refractivity contribution in [1.82, 2.24) is 10.2 Å². The lowest BCUT2D eigenvalue weighted by Crippen LogP contribution is -2.47. The molecule has 106 valence electrons. The molecule has 1 N–H and O–H groups in total. The van der Waals surface area contributed by atoms with E-state index < -0.39 is 0 Å². The summed E-state index contributed by atoms with van der Waals surface area (Å²) in [4.78, 5) is 5.07. The molecule has 1 aliphatic heterocycles. The first-order valence-electron chi connectivity index (χ1n) is 7.51. The number of nitrogens with one attached hydrogen (secondary N) is 1. The van der Waals surface area contributed by atoms with E-state index in [0.29, 0.717) is 6.04 Å². The first-order valence-corrected chi connectivity index (χ1v) is 7.51. The Labute approximate surface area is 117 Å². The van der Waals surface area contributed by atoms with Crippen molar-refractivity contribution in [2.45, 2.75) is 26.3 Å². The van der Waals surface area contributed by atoms with E-state index in [4.69, 9.17) is 0 Å². The fourth-order valence-corrected chi connectivity index (χ4v) is 2.56. The highest BCUT2D eigenvalue weighted by Gasteiger charge is 2.16. The SMILES string of the molecule is CC(C)NCCCN1CCN(c2ccccc2)CC1. The summed E-state index contributed by atoms with van der Waals surface area (Å²) in [5.41, 5.74) is 1.36. The molecule has 3 heteroatoms. The molecule has 0 amide bonds. The first-order chi connectivity index (χ1) is 9.25. The van der Waals surface area contributed by atoms with Gasteiger partial charge in [-0.15, -0.1) is 0 Å². The van der Waals surface area contributed by atoms with Crippen LogP contribution in [0, 0.1) is 0 Å². The topological polar surface area (TPSA) is 18.5 Å². The fraction of sp³-hybridized carbons (Fsp3) is 0.625. The van der Waals surface area contributed by atoms with Crippen molar-refractivity contribution in [3.05, 3.63) is 30.3 Å². The van der Waals surface area contributed by atoms with Gasteiger partial charge in [0.2, 0.25) is 0 Å². The van der Waals surface area contributed by atoms with Gasteiger partial charge in [-0.05, 0) is 31.6 Å². The lowest BCUT2D eigenvalue weighted by atomic mass is 10.2. The van der Waals surface area contributed by atoms with Crippen molar-refractivity contribution in [3.63, 3.8) is 0 Å². The second-order valence-corrected chi connectivity index (χ2v) is 5.63. The van der Waals surface area contributed by atoms with Gasteiger partial charge in [-0.1, -0.05) is 32.0 Å². The molecule has 0 atom stereocenters. The van der Waals surface area contributed by atoms with Gasteiger partial charge in [-0.2, -0.15) is 0 Å². The molecule has 1 saturated heterocycles. The highest BCUT2D eigenvalue weighted by Crippen LogP contribution is 2.15. The second-order valence-electron chi connectivity index (χ2n) is 5.63. The Kier molecular flexibility index (Phi) is 5.67. The van der Waals surface area contributed by atoms with Crippen LogP contribution in [0.25, 0.3) is 0 Å². The van der Waals surface area contributed by atoms with E-state index in [1.54, 1.807) is 0 Å². The third-order valence-electron chi connectivity index (χ3n) is 3.70. The summed E-state index contributed by atoms with van der Waals surface area (Å²) in [6.07, 6.45) is 1.25. The zero-order valence-corrected chi connectivity index (χ0v) is 12.3. The van der Waals surface area contributed by atoms with E-state index in [-0.39, 0.29) is 0 Å². The largest absolute Gasteiger partial charge is 0.369 e. The van der Waals surface area contributed by atoms with Crippen LogP contribution < -0.4 is 10.2 Å². The predicted molar refractivity (Wildman–Crippen MR) is 82.9 cm³/mol. The van der Waals surface area contributed by atoms with Crippen LogP contribution in [0.3, 0.4) is 0 Å². The maximum Gasteiger partial charge on any atom is 0.0367 e. The maximum absolute atomic E-state index is 3.48. The van der Waals surface area contributed by atoms with Gasteiger partial charge >= 0.3 is 0 Å². The number of anilines is 1. The highest BCUT2D eigenvalue weighted by molar-refractivity contribution is 5.46. The molecule has 3 nitrogen and oxygen atoms in total. The molecule has 1 aromatic rings. The van der Waals surface area contributed by atoms with Crippen molar-refractivity contribution in [1.29, 1.82) is 0 Å². The second kappa shape index (κ2) is 7.51. The van der Waals surface area contributed by atoms with Gasteiger partial charge in [0.15, 0.2) is 0 Å². The van der Waals surface area contributed by atoms with Crippen LogP contribution in [0.2, 0.25) is 0 Å². The number of rotatable bonds is 6. The Hall–Kier alpha value is -1.06. The van der Waals surface area contributed by atoms with Crippen LogP contribution >= 0.6 is 0 Å². The normalized spacial score (nSPS) is 17.1. The third-order valence-corrected chi connectivity index (χ3v) is 3.70. The number of para-hydroxylation sites is 1. The van der Waals surface area contributed by atoms with Gasteiger partial charge < -0.3 is 10.2 Å². The molecule has 19 heavy (non-hydrogen) atoms. The van der Waals surface area contributed by atoms with Gasteiger partial charge in [-0.3, -0.25) is 4.90 Å². The number of benzene rings is 1. The smallest absolute Gasteiger partial charge is 0.0367 e. The number of hydrogen-bond donors (Lipinski definition) is 1. The molecule has 2 rings (SSSR count). The van der Waals surface area contributed by atoms with E-state index in [1.165, 1.54) is 31.7 Å². The number of piperazine rings is 1. The van der Waals surface area contributed by atoms with Crippen molar-refractivity contribution in [2.24, 2.45) is 0 Å². The quantitative estimate of drug-likeness (QED) is 0.792. The molecule has 1 heterocycles. The van der Waals surface area contributed by atoms with Crippen LogP contribution in [-0.4, -0.2) is 50.2 Å². The Morgan fingerprint density at radius 3 is 2.37 bits per heavy atom. The summed E-state index contributed by atoms with van der Waals surface area (Å²) in [6, 6.07) is 11.4. The summed E-state index contributed by atoms with van der Waals surface area (Å²) in [5, 5.41) is 3.48. The van der Waals surface area contributed by atoms with Gasteiger partial charge in [0.05, 0.1) is 0 Å². The molecule has 0 radical (unpaired) electrons. The average Bonchev–Trinajstić information content (AvgIpc) is 2.45. The molecular formula is C16H27N3. The zero-order chi connectivity index (χ0) is 13.5. The molecule has 0 spiro atoms. The Balaban J connectivity index is 1.65. The fourth-order valence-electron chi connectivity index (χ4n) is 2.56. The number of hydrogen-bond acceptors (Lipinski definition) is 3. The summed E-state index contributed by atoms with van der Waals surface area (Å²) in [5.74, 6) is 0. The van der Waals surface area contributed by atoms with Crippen LogP contribution in [0.1, 0.15) is 20.3 Å². The summed E-state index contributed by atoms with van der Waals surface area (Å²) < 4.78 is 0. The van der Waals surface area contributed by atoms with E-state index in [0.717, 1.165) is 19.6 Å². The lowest BCUT2D eigenvalue weighted by molar-refractivity contribution is 0.253. The minimum absolute atomic E-state index is 0.606. The average molecular weight is 261 g/mol.